The summed E-state index contributed by atoms with van der Waals surface area (Å²) in [7, 11) is -3.48. The van der Waals surface area contributed by atoms with Crippen LogP contribution in [0.15, 0.2) is 53.4 Å². The van der Waals surface area contributed by atoms with Crippen LogP contribution in [-0.2, 0) is 14.6 Å². The highest BCUT2D eigenvalue weighted by atomic mass is 32.2. The van der Waals surface area contributed by atoms with Gasteiger partial charge in [-0.3, -0.25) is 0 Å². The van der Waals surface area contributed by atoms with E-state index in [0.29, 0.717) is 4.90 Å². The lowest BCUT2D eigenvalue weighted by Crippen LogP contribution is -2.11. The Bertz CT molecular complexity index is 789. The third-order valence-corrected chi connectivity index (χ3v) is 6.59. The van der Waals surface area contributed by atoms with Crippen molar-refractivity contribution in [1.82, 2.24) is 0 Å². The van der Waals surface area contributed by atoms with Crippen LogP contribution < -0.4 is 0 Å². The van der Waals surface area contributed by atoms with Crippen LogP contribution in [0.3, 0.4) is 0 Å². The van der Waals surface area contributed by atoms with Crippen molar-refractivity contribution >= 4 is 16.1 Å². The Morgan fingerprint density at radius 2 is 1.36 bits per heavy atom. The van der Waals surface area contributed by atoms with Crippen LogP contribution in [0.5, 0.6) is 0 Å². The minimum absolute atomic E-state index is 0.232. The normalized spacial score (nSPS) is 24.0. The molecule has 2 aromatic carbocycles. The summed E-state index contributed by atoms with van der Waals surface area (Å²) >= 11 is 0. The molecule has 1 saturated carbocycles. The summed E-state index contributed by atoms with van der Waals surface area (Å²) in [5, 5.41) is -0.643. The Labute approximate surface area is 130 Å². The summed E-state index contributed by atoms with van der Waals surface area (Å²) in [6.45, 7) is 3.89. The molecule has 3 rings (SSSR count). The highest BCUT2D eigenvalue weighted by molar-refractivity contribution is 7.92. The van der Waals surface area contributed by atoms with Gasteiger partial charge in [-0.1, -0.05) is 47.5 Å². The van der Waals surface area contributed by atoms with Crippen molar-refractivity contribution in [1.29, 1.82) is 0 Å². The second-order valence-electron chi connectivity index (χ2n) is 5.97. The molecule has 2 aromatic rings. The predicted molar refractivity (Wildman–Crippen MR) is 85.6 cm³/mol. The van der Waals surface area contributed by atoms with E-state index in [-0.39, 0.29) is 5.92 Å². The zero-order valence-electron chi connectivity index (χ0n) is 12.6. The molecule has 0 amide bonds. The van der Waals surface area contributed by atoms with E-state index in [1.165, 1.54) is 0 Å². The van der Waals surface area contributed by atoms with Gasteiger partial charge < -0.3 is 4.79 Å². The van der Waals surface area contributed by atoms with Gasteiger partial charge in [0.1, 0.15) is 6.29 Å². The first-order valence-electron chi connectivity index (χ1n) is 7.27. The molecule has 4 heteroatoms. The quantitative estimate of drug-likeness (QED) is 0.815. The Morgan fingerprint density at radius 3 is 1.86 bits per heavy atom. The zero-order chi connectivity index (χ0) is 15.9. The molecule has 1 fully saturated rings. The molecule has 0 unspecified atom stereocenters. The summed E-state index contributed by atoms with van der Waals surface area (Å²) in [5.41, 5.74) is 3.05. The molecular weight excluding hydrogens is 296 g/mol. The number of hydrogen-bond donors (Lipinski definition) is 0. The van der Waals surface area contributed by atoms with E-state index in [1.54, 1.807) is 24.3 Å². The molecule has 0 N–H and O–H groups in total. The maximum absolute atomic E-state index is 12.8. The van der Waals surface area contributed by atoms with Crippen molar-refractivity contribution in [2.75, 3.05) is 0 Å². The molecule has 114 valence electrons. The van der Waals surface area contributed by atoms with Crippen molar-refractivity contribution in [3.8, 4) is 0 Å². The number of benzene rings is 2. The van der Waals surface area contributed by atoms with Crippen LogP contribution in [0.2, 0.25) is 0 Å². The molecule has 3 atom stereocenters. The number of hydrogen-bond acceptors (Lipinski definition) is 3. The van der Waals surface area contributed by atoms with Crippen molar-refractivity contribution in [2.24, 2.45) is 5.92 Å². The first-order valence-corrected chi connectivity index (χ1v) is 8.82. The lowest BCUT2D eigenvalue weighted by molar-refractivity contribution is -0.108. The molecule has 0 bridgehead atoms. The van der Waals surface area contributed by atoms with Gasteiger partial charge in [0, 0.05) is 11.8 Å². The van der Waals surface area contributed by atoms with E-state index in [2.05, 4.69) is 0 Å². The molecular formula is C18H18O3S. The van der Waals surface area contributed by atoms with E-state index >= 15 is 0 Å². The minimum Gasteiger partial charge on any atom is -0.303 e. The first kappa shape index (κ1) is 15.0. The maximum atomic E-state index is 12.8. The van der Waals surface area contributed by atoms with Crippen LogP contribution in [0.25, 0.3) is 0 Å². The van der Waals surface area contributed by atoms with Crippen molar-refractivity contribution in [3.63, 3.8) is 0 Å². The van der Waals surface area contributed by atoms with Gasteiger partial charge in [0.15, 0.2) is 9.84 Å². The van der Waals surface area contributed by atoms with Crippen molar-refractivity contribution in [3.05, 3.63) is 65.2 Å². The van der Waals surface area contributed by atoms with Gasteiger partial charge in [0.2, 0.25) is 0 Å². The molecule has 3 nitrogen and oxygen atoms in total. The highest BCUT2D eigenvalue weighted by Crippen LogP contribution is 2.52. The monoisotopic (exact) mass is 314 g/mol. The summed E-state index contributed by atoms with van der Waals surface area (Å²) in [6.07, 6.45) is 0.779. The molecule has 0 saturated heterocycles. The van der Waals surface area contributed by atoms with Gasteiger partial charge in [-0.05, 0) is 31.5 Å². The number of carbonyl (C=O) groups is 1. The van der Waals surface area contributed by atoms with Crippen LogP contribution >= 0.6 is 0 Å². The third kappa shape index (κ3) is 2.48. The summed E-state index contributed by atoms with van der Waals surface area (Å²) in [4.78, 5) is 11.6. The van der Waals surface area contributed by atoms with Gasteiger partial charge in [0.25, 0.3) is 0 Å². The van der Waals surface area contributed by atoms with E-state index in [0.717, 1.165) is 23.0 Å². The van der Waals surface area contributed by atoms with Crippen LogP contribution in [0.1, 0.15) is 22.6 Å². The van der Waals surface area contributed by atoms with Gasteiger partial charge in [0.05, 0.1) is 10.1 Å². The number of rotatable bonds is 4. The number of aryl methyl sites for hydroxylation is 2. The Morgan fingerprint density at radius 1 is 0.864 bits per heavy atom. The number of aldehydes is 1. The molecule has 0 aliphatic heterocycles. The molecule has 1 aliphatic rings. The Hall–Kier alpha value is -1.94. The van der Waals surface area contributed by atoms with E-state index in [1.807, 2.05) is 38.1 Å². The van der Waals surface area contributed by atoms with Crippen LogP contribution in [0.4, 0.5) is 0 Å². The molecule has 1 aliphatic carbocycles. The third-order valence-electron chi connectivity index (χ3n) is 4.33. The average Bonchev–Trinajstić information content (AvgIpc) is 3.24. The van der Waals surface area contributed by atoms with Crippen molar-refractivity contribution in [2.45, 2.75) is 29.9 Å². The molecule has 0 aromatic heterocycles. The minimum atomic E-state index is -3.48. The number of carbonyl (C=O) groups excluding carboxylic acids is 1. The molecule has 22 heavy (non-hydrogen) atoms. The van der Waals surface area contributed by atoms with Gasteiger partial charge in [-0.25, -0.2) is 8.42 Å². The fourth-order valence-corrected chi connectivity index (χ4v) is 5.06. The smallest absolute Gasteiger partial charge is 0.182 e. The molecule has 0 heterocycles. The summed E-state index contributed by atoms with van der Waals surface area (Å²) < 4.78 is 25.5. The fraction of sp³-hybridized carbons (Fsp3) is 0.278. The van der Waals surface area contributed by atoms with Gasteiger partial charge in [-0.2, -0.15) is 0 Å². The topological polar surface area (TPSA) is 51.2 Å². The van der Waals surface area contributed by atoms with Crippen molar-refractivity contribution < 1.29 is 13.2 Å². The zero-order valence-corrected chi connectivity index (χ0v) is 13.4. The Balaban J connectivity index is 1.95. The standard InChI is InChI=1S/C18H18O3S/c1-12-3-7-14(8-4-12)17-16(11-19)18(17)22(20,21)15-9-5-13(2)6-10-15/h3-11,16-18H,1-2H3/t16-,17+,18-/m0/s1. The van der Waals surface area contributed by atoms with Gasteiger partial charge >= 0.3 is 0 Å². The average molecular weight is 314 g/mol. The molecule has 0 radical (unpaired) electrons. The van der Waals surface area contributed by atoms with E-state index in [4.69, 9.17) is 0 Å². The van der Waals surface area contributed by atoms with E-state index in [9.17, 15) is 13.2 Å². The second kappa shape index (κ2) is 5.36. The lowest BCUT2D eigenvalue weighted by atomic mass is 10.1. The summed E-state index contributed by atoms with van der Waals surface area (Å²) in [6, 6.07) is 14.5. The number of sulfone groups is 1. The highest BCUT2D eigenvalue weighted by Gasteiger charge is 2.58. The maximum Gasteiger partial charge on any atom is 0.182 e. The second-order valence-corrected chi connectivity index (χ2v) is 8.08. The molecule has 0 spiro atoms. The SMILES string of the molecule is Cc1ccc([C@@H]2[C@H](C=O)[C@@H]2S(=O)(=O)c2ccc(C)cc2)cc1. The van der Waals surface area contributed by atoms with Gasteiger partial charge in [-0.15, -0.1) is 0 Å². The van der Waals surface area contributed by atoms with E-state index < -0.39 is 21.0 Å². The van der Waals surface area contributed by atoms with Crippen LogP contribution in [-0.4, -0.2) is 20.0 Å². The fourth-order valence-electron chi connectivity index (χ4n) is 2.95. The Kier molecular flexibility index (Phi) is 3.65. The van der Waals surface area contributed by atoms with Crippen LogP contribution in [0, 0.1) is 19.8 Å². The predicted octanol–water partition coefficient (Wildman–Crippen LogP) is 3.06. The lowest BCUT2D eigenvalue weighted by Gasteiger charge is -2.05. The first-order chi connectivity index (χ1) is 10.4. The summed E-state index contributed by atoms with van der Waals surface area (Å²) in [5.74, 6) is -0.682. The largest absolute Gasteiger partial charge is 0.303 e.